The number of rotatable bonds is 6. The molecule has 0 aliphatic heterocycles. The lowest BCUT2D eigenvalue weighted by Crippen LogP contribution is -1.99. The second-order valence-corrected chi connectivity index (χ2v) is 3.47. The summed E-state index contributed by atoms with van der Waals surface area (Å²) in [7, 11) is 0. The average Bonchev–Trinajstić information content (AvgIpc) is 2.37. The van der Waals surface area contributed by atoms with Crippen LogP contribution in [0.15, 0.2) is 30.0 Å². The van der Waals surface area contributed by atoms with Gasteiger partial charge in [-0.1, -0.05) is 6.92 Å². The fraction of sp³-hybridized carbons (Fsp3) is 0.357. The summed E-state index contributed by atoms with van der Waals surface area (Å²) in [5.74, 6) is 2.13. The van der Waals surface area contributed by atoms with E-state index in [1.54, 1.807) is 18.2 Å². The fourth-order valence-corrected chi connectivity index (χ4v) is 1.43. The topological polar surface area (TPSA) is 35.5 Å². The van der Waals surface area contributed by atoms with E-state index < -0.39 is 0 Å². The molecule has 0 amide bonds. The predicted octanol–water partition coefficient (Wildman–Crippen LogP) is 3.59. The minimum Gasteiger partial charge on any atom is -0.490 e. The summed E-state index contributed by atoms with van der Waals surface area (Å²) in [6, 6.07) is 5.16. The molecular weight excluding hydrogens is 216 g/mol. The normalized spacial score (nSPS) is 11.1. The van der Waals surface area contributed by atoms with Crippen molar-refractivity contribution in [2.24, 2.45) is 0 Å². The van der Waals surface area contributed by atoms with Gasteiger partial charge < -0.3 is 9.47 Å². The van der Waals surface area contributed by atoms with E-state index in [1.165, 1.54) is 0 Å². The Morgan fingerprint density at radius 3 is 2.59 bits per heavy atom. The first-order valence-electron chi connectivity index (χ1n) is 5.80. The van der Waals surface area contributed by atoms with Gasteiger partial charge in [0.05, 0.1) is 12.4 Å². The third-order valence-corrected chi connectivity index (χ3v) is 2.32. The summed E-state index contributed by atoms with van der Waals surface area (Å²) in [6.45, 7) is 6.39. The number of allylic oxidation sites excluding steroid dienone is 2. The van der Waals surface area contributed by atoms with Gasteiger partial charge in [0.25, 0.3) is 0 Å². The zero-order valence-corrected chi connectivity index (χ0v) is 10.5. The summed E-state index contributed by atoms with van der Waals surface area (Å²) in [5, 5.41) is 0. The molecule has 0 atom stereocenters. The minimum absolute atomic E-state index is 0.538. The average molecular weight is 234 g/mol. The Morgan fingerprint density at radius 2 is 2.06 bits per heavy atom. The highest BCUT2D eigenvalue weighted by molar-refractivity contribution is 5.76. The van der Waals surface area contributed by atoms with Gasteiger partial charge in [-0.3, -0.25) is 4.79 Å². The Morgan fingerprint density at radius 1 is 1.29 bits per heavy atom. The van der Waals surface area contributed by atoms with Gasteiger partial charge in [0.15, 0.2) is 11.5 Å². The Labute approximate surface area is 102 Å². The summed E-state index contributed by atoms with van der Waals surface area (Å²) in [4.78, 5) is 10.7. The van der Waals surface area contributed by atoms with Crippen molar-refractivity contribution < 1.29 is 14.3 Å². The smallest absolute Gasteiger partial charge is 0.168 e. The Kier molecular flexibility index (Phi) is 5.27. The molecule has 0 saturated carbocycles. The van der Waals surface area contributed by atoms with Crippen molar-refractivity contribution in [1.82, 2.24) is 0 Å². The number of carbonyl (C=O) groups excluding carboxylic acids is 1. The second kappa shape index (κ2) is 6.74. The van der Waals surface area contributed by atoms with Crippen LogP contribution in [-0.2, 0) is 0 Å². The van der Waals surface area contributed by atoms with Crippen LogP contribution in [0.2, 0.25) is 0 Å². The van der Waals surface area contributed by atoms with Crippen molar-refractivity contribution in [2.75, 3.05) is 6.61 Å². The molecule has 0 heterocycles. The Bertz CT molecular complexity index is 408. The molecule has 0 aliphatic rings. The highest BCUT2D eigenvalue weighted by Gasteiger charge is 2.07. The molecular formula is C14H18O3. The maximum absolute atomic E-state index is 10.7. The number of aldehydes is 1. The van der Waals surface area contributed by atoms with Crippen LogP contribution in [0.3, 0.4) is 0 Å². The first kappa shape index (κ1) is 13.3. The third kappa shape index (κ3) is 3.63. The van der Waals surface area contributed by atoms with Crippen molar-refractivity contribution in [1.29, 1.82) is 0 Å². The Balaban J connectivity index is 3.01. The molecule has 0 aliphatic carbocycles. The molecule has 0 bridgehead atoms. The highest BCUT2D eigenvalue weighted by atomic mass is 16.5. The predicted molar refractivity (Wildman–Crippen MR) is 67.7 cm³/mol. The zero-order chi connectivity index (χ0) is 12.7. The summed E-state index contributed by atoms with van der Waals surface area (Å²) < 4.78 is 11.2. The Hall–Kier alpha value is -1.77. The lowest BCUT2D eigenvalue weighted by molar-refractivity contribution is 0.112. The van der Waals surface area contributed by atoms with Gasteiger partial charge in [-0.25, -0.2) is 0 Å². The first-order valence-corrected chi connectivity index (χ1v) is 5.80. The first-order chi connectivity index (χ1) is 8.24. The molecule has 1 aromatic carbocycles. The van der Waals surface area contributed by atoms with Crippen LogP contribution in [0.5, 0.6) is 11.5 Å². The second-order valence-electron chi connectivity index (χ2n) is 3.47. The zero-order valence-electron chi connectivity index (χ0n) is 10.5. The maximum atomic E-state index is 10.7. The van der Waals surface area contributed by atoms with Crippen LogP contribution >= 0.6 is 0 Å². The molecule has 0 saturated heterocycles. The van der Waals surface area contributed by atoms with E-state index in [0.717, 1.165) is 18.5 Å². The molecule has 0 spiro atoms. The van der Waals surface area contributed by atoms with E-state index in [-0.39, 0.29) is 0 Å². The fourth-order valence-electron chi connectivity index (χ4n) is 1.43. The van der Waals surface area contributed by atoms with E-state index in [9.17, 15) is 4.79 Å². The third-order valence-electron chi connectivity index (χ3n) is 2.32. The van der Waals surface area contributed by atoms with Crippen LogP contribution in [0.4, 0.5) is 0 Å². The molecule has 1 aromatic rings. The maximum Gasteiger partial charge on any atom is 0.168 e. The number of ether oxygens (including phenoxy) is 2. The van der Waals surface area contributed by atoms with Crippen molar-refractivity contribution in [3.05, 3.63) is 35.6 Å². The largest absolute Gasteiger partial charge is 0.490 e. The van der Waals surface area contributed by atoms with Crippen molar-refractivity contribution in [2.45, 2.75) is 27.2 Å². The number of hydrogen-bond acceptors (Lipinski definition) is 3. The molecule has 0 aromatic heterocycles. The molecule has 0 radical (unpaired) electrons. The van der Waals surface area contributed by atoms with Gasteiger partial charge in [0.2, 0.25) is 0 Å². The monoisotopic (exact) mass is 234 g/mol. The van der Waals surface area contributed by atoms with Crippen LogP contribution in [0, 0.1) is 0 Å². The van der Waals surface area contributed by atoms with Crippen molar-refractivity contribution in [3.8, 4) is 11.5 Å². The van der Waals surface area contributed by atoms with Gasteiger partial charge in [0, 0.05) is 12.0 Å². The molecule has 0 unspecified atom stereocenters. The van der Waals surface area contributed by atoms with E-state index >= 15 is 0 Å². The lowest BCUT2D eigenvalue weighted by Gasteiger charge is -2.13. The summed E-state index contributed by atoms with van der Waals surface area (Å²) >= 11 is 0. The van der Waals surface area contributed by atoms with Crippen molar-refractivity contribution in [3.63, 3.8) is 0 Å². The molecule has 0 fully saturated rings. The minimum atomic E-state index is 0.538. The number of hydrogen-bond donors (Lipinski definition) is 0. The van der Waals surface area contributed by atoms with Crippen LogP contribution < -0.4 is 9.47 Å². The molecule has 17 heavy (non-hydrogen) atoms. The van der Waals surface area contributed by atoms with Crippen LogP contribution in [-0.4, -0.2) is 12.9 Å². The van der Waals surface area contributed by atoms with Crippen LogP contribution in [0.1, 0.15) is 37.6 Å². The number of carbonyl (C=O) groups is 1. The van der Waals surface area contributed by atoms with E-state index in [4.69, 9.17) is 9.47 Å². The van der Waals surface area contributed by atoms with Crippen molar-refractivity contribution >= 4 is 6.29 Å². The van der Waals surface area contributed by atoms with Gasteiger partial charge in [-0.15, -0.1) is 0 Å². The molecule has 1 rings (SSSR count). The SMILES string of the molecule is CC=C(CC)Oc1ccc(C=O)cc1OCC. The molecule has 0 N–H and O–H groups in total. The lowest BCUT2D eigenvalue weighted by atomic mass is 10.2. The molecule has 3 heteroatoms. The summed E-state index contributed by atoms with van der Waals surface area (Å²) in [6.07, 6.45) is 3.53. The van der Waals surface area contributed by atoms with E-state index in [1.807, 2.05) is 26.8 Å². The molecule has 3 nitrogen and oxygen atoms in total. The van der Waals surface area contributed by atoms with Gasteiger partial charge in [0.1, 0.15) is 6.29 Å². The van der Waals surface area contributed by atoms with Crippen LogP contribution in [0.25, 0.3) is 0 Å². The van der Waals surface area contributed by atoms with E-state index in [2.05, 4.69) is 0 Å². The van der Waals surface area contributed by atoms with E-state index in [0.29, 0.717) is 23.7 Å². The summed E-state index contributed by atoms with van der Waals surface area (Å²) in [5.41, 5.74) is 0.583. The molecule has 92 valence electrons. The standard InChI is InChI=1S/C14H18O3/c1-4-12(5-2)17-13-8-7-11(10-15)9-14(13)16-6-3/h4,7-10H,5-6H2,1-3H3. The quantitative estimate of drug-likeness (QED) is 0.557. The van der Waals surface area contributed by atoms with Gasteiger partial charge >= 0.3 is 0 Å². The highest BCUT2D eigenvalue weighted by Crippen LogP contribution is 2.30. The number of benzene rings is 1. The van der Waals surface area contributed by atoms with Gasteiger partial charge in [-0.05, 0) is 38.1 Å². The van der Waals surface area contributed by atoms with Gasteiger partial charge in [-0.2, -0.15) is 0 Å².